The third-order valence-corrected chi connectivity index (χ3v) is 5.17. The summed E-state index contributed by atoms with van der Waals surface area (Å²) in [7, 11) is -4.78. The molecule has 134 valence electrons. The van der Waals surface area contributed by atoms with Crippen molar-refractivity contribution in [3.63, 3.8) is 0 Å². The zero-order chi connectivity index (χ0) is 19.0. The Morgan fingerprint density at radius 2 is 1.32 bits per heavy atom. The molecule has 0 atom stereocenters. The summed E-state index contributed by atoms with van der Waals surface area (Å²) >= 11 is 0. The maximum Gasteiger partial charge on any atom is 2.00 e. The molecule has 0 fully saturated rings. The van der Waals surface area contributed by atoms with Crippen molar-refractivity contribution >= 4 is 88.5 Å². The van der Waals surface area contributed by atoms with Crippen molar-refractivity contribution in [1.82, 2.24) is 0 Å². The summed E-state index contributed by atoms with van der Waals surface area (Å²) < 4.78 is 35.6. The molecule has 0 aliphatic rings. The van der Waals surface area contributed by atoms with E-state index < -0.39 is 15.0 Å². The summed E-state index contributed by atoms with van der Waals surface area (Å²) in [5.74, 6) is -0.0928. The number of azo groups is 1. The molecule has 0 saturated heterocycles. The van der Waals surface area contributed by atoms with Gasteiger partial charge in [-0.3, -0.25) is 0 Å². The van der Waals surface area contributed by atoms with Gasteiger partial charge in [-0.05, 0) is 22.9 Å². The van der Waals surface area contributed by atoms with Crippen LogP contribution in [0, 0.1) is 0 Å². The first kappa shape index (κ1) is 20.9. The Morgan fingerprint density at radius 3 is 2.00 bits per heavy atom. The summed E-state index contributed by atoms with van der Waals surface area (Å²) in [5, 5.41) is 20.6. The molecular formula is C20H13N2O4SSr+. The van der Waals surface area contributed by atoms with E-state index in [2.05, 4.69) is 10.2 Å². The van der Waals surface area contributed by atoms with Crippen LogP contribution in [0.4, 0.5) is 11.4 Å². The van der Waals surface area contributed by atoms with Crippen LogP contribution in [-0.2, 0) is 10.1 Å². The fraction of sp³-hybridized carbons (Fsp3) is 0. The topological polar surface area (TPSA) is 102 Å². The van der Waals surface area contributed by atoms with Gasteiger partial charge in [-0.1, -0.05) is 60.7 Å². The summed E-state index contributed by atoms with van der Waals surface area (Å²) in [6.45, 7) is 0. The van der Waals surface area contributed by atoms with Crippen molar-refractivity contribution in [1.29, 1.82) is 0 Å². The first-order chi connectivity index (χ1) is 12.9. The molecule has 1 N–H and O–H groups in total. The first-order valence-electron chi connectivity index (χ1n) is 8.05. The molecule has 0 aromatic heterocycles. The Balaban J connectivity index is 0.00000225. The zero-order valence-corrected chi connectivity index (χ0v) is 18.9. The Hall–Kier alpha value is -1.81. The molecule has 0 unspecified atom stereocenters. The number of aromatic hydroxyl groups is 1. The van der Waals surface area contributed by atoms with Crippen LogP contribution in [0.25, 0.3) is 21.5 Å². The minimum atomic E-state index is -4.78. The van der Waals surface area contributed by atoms with Gasteiger partial charge in [0.25, 0.3) is 0 Å². The van der Waals surface area contributed by atoms with Gasteiger partial charge < -0.3 is 9.66 Å². The molecule has 8 heteroatoms. The number of benzene rings is 4. The Kier molecular flexibility index (Phi) is 6.19. The maximum atomic E-state index is 11.9. The van der Waals surface area contributed by atoms with Crippen molar-refractivity contribution in [3.05, 3.63) is 72.8 Å². The standard InChI is InChI=1S/C20H14N2O4S.Sr/c23-18-12-10-13-5-1-3-7-15(13)19(18)22-21-17-11-9-14-6-2-4-8-16(14)20(17)27(24,25)26;/h1-12,23H,(H,24,25,26);/q;+2/p-1. The van der Waals surface area contributed by atoms with Gasteiger partial charge >= 0.3 is 45.5 Å². The number of phenols is 1. The van der Waals surface area contributed by atoms with E-state index in [0.717, 1.165) is 5.39 Å². The SMILES string of the molecule is O=S(=O)([O-])c1c(N=Nc2c(O)ccc3ccccc23)ccc2ccccc12.[Sr+2]. The first-order valence-corrected chi connectivity index (χ1v) is 9.46. The molecule has 0 radical (unpaired) electrons. The van der Waals surface area contributed by atoms with Crippen molar-refractivity contribution in [2.24, 2.45) is 10.2 Å². The van der Waals surface area contributed by atoms with Crippen molar-refractivity contribution in [3.8, 4) is 5.75 Å². The third-order valence-electron chi connectivity index (χ3n) is 4.25. The van der Waals surface area contributed by atoms with E-state index in [4.69, 9.17) is 0 Å². The zero-order valence-electron chi connectivity index (χ0n) is 14.6. The molecule has 0 spiro atoms. The minimum Gasteiger partial charge on any atom is -0.744 e. The molecule has 0 aliphatic heterocycles. The van der Waals surface area contributed by atoms with E-state index in [-0.39, 0.29) is 68.0 Å². The average molecular weight is 465 g/mol. The van der Waals surface area contributed by atoms with E-state index >= 15 is 0 Å². The smallest absolute Gasteiger partial charge is 0.744 e. The number of fused-ring (bicyclic) bond motifs is 2. The summed E-state index contributed by atoms with van der Waals surface area (Å²) in [6.07, 6.45) is 0. The van der Waals surface area contributed by atoms with Gasteiger partial charge in [-0.2, -0.15) is 0 Å². The van der Waals surface area contributed by atoms with E-state index in [1.807, 2.05) is 12.1 Å². The van der Waals surface area contributed by atoms with Crippen LogP contribution in [0.1, 0.15) is 0 Å². The minimum absolute atomic E-state index is 0. The Morgan fingerprint density at radius 1 is 0.750 bits per heavy atom. The molecule has 0 heterocycles. The maximum absolute atomic E-state index is 11.9. The van der Waals surface area contributed by atoms with Crippen molar-refractivity contribution in [2.45, 2.75) is 4.90 Å². The van der Waals surface area contributed by atoms with E-state index in [0.29, 0.717) is 10.8 Å². The van der Waals surface area contributed by atoms with Crippen LogP contribution in [0.2, 0.25) is 0 Å². The predicted molar refractivity (Wildman–Crippen MR) is 107 cm³/mol. The molecule has 4 aromatic carbocycles. The van der Waals surface area contributed by atoms with Crippen LogP contribution < -0.4 is 0 Å². The average Bonchev–Trinajstić information content (AvgIpc) is 2.66. The molecule has 4 rings (SSSR count). The fourth-order valence-corrected chi connectivity index (χ4v) is 3.85. The second kappa shape index (κ2) is 8.28. The number of hydrogen-bond acceptors (Lipinski definition) is 6. The van der Waals surface area contributed by atoms with Crippen molar-refractivity contribution in [2.75, 3.05) is 0 Å². The van der Waals surface area contributed by atoms with Gasteiger partial charge in [0.2, 0.25) is 0 Å². The monoisotopic (exact) mass is 465 g/mol. The second-order valence-corrected chi connectivity index (χ2v) is 7.26. The van der Waals surface area contributed by atoms with Crippen LogP contribution >= 0.6 is 0 Å². The molecule has 0 amide bonds. The molecule has 4 aromatic rings. The number of rotatable bonds is 3. The van der Waals surface area contributed by atoms with E-state index in [9.17, 15) is 18.1 Å². The van der Waals surface area contributed by atoms with Crippen LogP contribution in [-0.4, -0.2) is 63.6 Å². The van der Waals surface area contributed by atoms with E-state index in [1.165, 1.54) is 12.1 Å². The molecule has 6 nitrogen and oxygen atoms in total. The molecular weight excluding hydrogens is 452 g/mol. The van der Waals surface area contributed by atoms with Gasteiger partial charge in [0.1, 0.15) is 27.2 Å². The normalized spacial score (nSPS) is 11.8. The van der Waals surface area contributed by atoms with Gasteiger partial charge in [-0.15, -0.1) is 10.2 Å². The number of phenolic OH excluding ortho intramolecular Hbond substituents is 1. The van der Waals surface area contributed by atoms with Crippen LogP contribution in [0.15, 0.2) is 87.9 Å². The number of nitrogens with zero attached hydrogens (tertiary/aromatic N) is 2. The quantitative estimate of drug-likeness (QED) is 0.271. The van der Waals surface area contributed by atoms with Gasteiger partial charge in [0.15, 0.2) is 0 Å². The van der Waals surface area contributed by atoms with Crippen molar-refractivity contribution < 1.29 is 18.1 Å². The summed E-state index contributed by atoms with van der Waals surface area (Å²) in [4.78, 5) is -0.427. The summed E-state index contributed by atoms with van der Waals surface area (Å²) in [6, 6.07) is 20.3. The van der Waals surface area contributed by atoms with Crippen LogP contribution in [0.3, 0.4) is 0 Å². The molecule has 0 aliphatic carbocycles. The van der Waals surface area contributed by atoms with Gasteiger partial charge in [-0.25, -0.2) is 8.42 Å². The molecule has 0 bridgehead atoms. The molecule has 0 saturated carbocycles. The van der Waals surface area contributed by atoms with Gasteiger partial charge in [0, 0.05) is 10.8 Å². The fourth-order valence-electron chi connectivity index (χ4n) is 3.03. The number of hydrogen-bond donors (Lipinski definition) is 1. The van der Waals surface area contributed by atoms with Gasteiger partial charge in [0.05, 0.1) is 4.90 Å². The van der Waals surface area contributed by atoms with Crippen LogP contribution in [0.5, 0.6) is 5.75 Å². The Labute approximate surface area is 198 Å². The largest absolute Gasteiger partial charge is 2.00 e. The second-order valence-electron chi connectivity index (χ2n) is 5.94. The predicted octanol–water partition coefficient (Wildman–Crippen LogP) is 4.64. The van der Waals surface area contributed by atoms with E-state index in [1.54, 1.807) is 48.5 Å². The summed E-state index contributed by atoms with van der Waals surface area (Å²) in [5.41, 5.74) is 0.131. The Bertz CT molecular complexity index is 1320. The third kappa shape index (κ3) is 3.98. The molecule has 28 heavy (non-hydrogen) atoms.